The maximum atomic E-state index is 8.50. The Kier molecular flexibility index (Phi) is 4.74. The summed E-state index contributed by atoms with van der Waals surface area (Å²) in [6.07, 6.45) is 0.864. The molecule has 13 heavy (non-hydrogen) atoms. The highest BCUT2D eigenvalue weighted by atomic mass is 35.5. The third-order valence-corrected chi connectivity index (χ3v) is 3.03. The quantitative estimate of drug-likeness (QED) is 0.565. The zero-order chi connectivity index (χ0) is 9.52. The Balaban J connectivity index is 2.53. The van der Waals surface area contributed by atoms with E-state index in [9.17, 15) is 0 Å². The van der Waals surface area contributed by atoms with Crippen LogP contribution in [0.2, 0.25) is 0 Å². The molecule has 0 aliphatic rings. The summed E-state index contributed by atoms with van der Waals surface area (Å²) in [6, 6.07) is 10.1. The van der Waals surface area contributed by atoms with Crippen molar-refractivity contribution in [1.82, 2.24) is 0 Å². The molecule has 0 aliphatic carbocycles. The second kappa shape index (κ2) is 5.90. The van der Waals surface area contributed by atoms with Gasteiger partial charge < -0.3 is 0 Å². The van der Waals surface area contributed by atoms with E-state index in [0.717, 1.165) is 6.42 Å². The average molecular weight is 212 g/mol. The fourth-order valence-corrected chi connectivity index (χ4v) is 1.87. The van der Waals surface area contributed by atoms with Gasteiger partial charge in [0, 0.05) is 11.1 Å². The van der Waals surface area contributed by atoms with Gasteiger partial charge in [-0.2, -0.15) is 5.26 Å². The Morgan fingerprint density at radius 2 is 2.08 bits per heavy atom. The summed E-state index contributed by atoms with van der Waals surface area (Å²) in [5, 5.41) is 10.8. The van der Waals surface area contributed by atoms with Crippen LogP contribution >= 0.6 is 23.4 Å². The Morgan fingerprint density at radius 3 is 2.62 bits per heavy atom. The standard InChI is InChI=1S/C10H10ClNS/c11-7-10(13-8-12)6-9-4-2-1-3-5-9/h1-5,10H,6-7H2. The highest BCUT2D eigenvalue weighted by molar-refractivity contribution is 8.04. The minimum absolute atomic E-state index is 0.203. The molecule has 3 heteroatoms. The molecule has 1 nitrogen and oxygen atoms in total. The van der Waals surface area contributed by atoms with Crippen LogP contribution in [-0.4, -0.2) is 11.1 Å². The highest BCUT2D eigenvalue weighted by Crippen LogP contribution is 2.16. The number of thioether (sulfide) groups is 1. The lowest BCUT2D eigenvalue weighted by Crippen LogP contribution is -2.07. The van der Waals surface area contributed by atoms with E-state index < -0.39 is 0 Å². The first-order chi connectivity index (χ1) is 6.36. The van der Waals surface area contributed by atoms with Gasteiger partial charge in [0.05, 0.1) is 0 Å². The monoisotopic (exact) mass is 211 g/mol. The Morgan fingerprint density at radius 1 is 1.38 bits per heavy atom. The van der Waals surface area contributed by atoms with Crippen LogP contribution in [0.4, 0.5) is 0 Å². The van der Waals surface area contributed by atoms with Gasteiger partial charge in [-0.15, -0.1) is 11.6 Å². The van der Waals surface area contributed by atoms with Crippen LogP contribution in [0, 0.1) is 10.7 Å². The van der Waals surface area contributed by atoms with Gasteiger partial charge in [-0.1, -0.05) is 30.3 Å². The van der Waals surface area contributed by atoms with Gasteiger partial charge >= 0.3 is 0 Å². The molecule has 0 aliphatic heterocycles. The SMILES string of the molecule is N#CSC(CCl)Cc1ccccc1. The van der Waals surface area contributed by atoms with E-state index >= 15 is 0 Å². The van der Waals surface area contributed by atoms with Crippen molar-refractivity contribution >= 4 is 23.4 Å². The predicted octanol–water partition coefficient (Wildman–Crippen LogP) is 3.05. The van der Waals surface area contributed by atoms with Gasteiger partial charge in [0.2, 0.25) is 0 Å². The normalized spacial score (nSPS) is 12.0. The summed E-state index contributed by atoms with van der Waals surface area (Å²) < 4.78 is 0. The highest BCUT2D eigenvalue weighted by Gasteiger charge is 2.07. The van der Waals surface area contributed by atoms with Crippen molar-refractivity contribution < 1.29 is 0 Å². The lowest BCUT2D eigenvalue weighted by atomic mass is 10.1. The van der Waals surface area contributed by atoms with Crippen molar-refractivity contribution in [3.05, 3.63) is 35.9 Å². The van der Waals surface area contributed by atoms with E-state index in [2.05, 4.69) is 17.5 Å². The van der Waals surface area contributed by atoms with E-state index in [4.69, 9.17) is 16.9 Å². The van der Waals surface area contributed by atoms with Gasteiger partial charge in [-0.3, -0.25) is 0 Å². The van der Waals surface area contributed by atoms with Crippen LogP contribution in [-0.2, 0) is 6.42 Å². The number of alkyl halides is 1. The first-order valence-electron chi connectivity index (χ1n) is 4.01. The number of thiocyanates is 1. The molecular weight excluding hydrogens is 202 g/mol. The first-order valence-corrected chi connectivity index (χ1v) is 5.43. The number of halogens is 1. The molecule has 0 radical (unpaired) electrons. The maximum Gasteiger partial charge on any atom is 0.133 e. The van der Waals surface area contributed by atoms with Gasteiger partial charge in [0.25, 0.3) is 0 Å². The molecule has 0 N–H and O–H groups in total. The van der Waals surface area contributed by atoms with Crippen LogP contribution in [0.1, 0.15) is 5.56 Å². The number of nitrogens with zero attached hydrogens (tertiary/aromatic N) is 1. The van der Waals surface area contributed by atoms with E-state index in [1.165, 1.54) is 17.3 Å². The van der Waals surface area contributed by atoms with Crippen molar-refractivity contribution in [2.75, 3.05) is 5.88 Å². The number of nitriles is 1. The molecule has 0 bridgehead atoms. The largest absolute Gasteiger partial charge is 0.185 e. The van der Waals surface area contributed by atoms with E-state index in [0.29, 0.717) is 5.88 Å². The van der Waals surface area contributed by atoms with Crippen molar-refractivity contribution in [3.8, 4) is 5.40 Å². The van der Waals surface area contributed by atoms with Gasteiger partial charge in [0.1, 0.15) is 5.40 Å². The topological polar surface area (TPSA) is 23.8 Å². The Labute approximate surface area is 87.7 Å². The van der Waals surface area contributed by atoms with E-state index in [1.54, 1.807) is 0 Å². The summed E-state index contributed by atoms with van der Waals surface area (Å²) in [7, 11) is 0. The minimum Gasteiger partial charge on any atom is -0.185 e. The van der Waals surface area contributed by atoms with Crippen LogP contribution in [0.25, 0.3) is 0 Å². The zero-order valence-corrected chi connectivity index (χ0v) is 8.68. The van der Waals surface area contributed by atoms with Crippen molar-refractivity contribution in [1.29, 1.82) is 5.26 Å². The molecular formula is C10H10ClNS. The molecule has 0 spiro atoms. The number of hydrogen-bond donors (Lipinski definition) is 0. The molecule has 1 aromatic rings. The summed E-state index contributed by atoms with van der Waals surface area (Å²) in [5.74, 6) is 0.521. The third-order valence-electron chi connectivity index (χ3n) is 1.70. The molecule has 0 heterocycles. The van der Waals surface area contributed by atoms with Crippen LogP contribution in [0.5, 0.6) is 0 Å². The van der Waals surface area contributed by atoms with Crippen LogP contribution in [0.3, 0.4) is 0 Å². The number of hydrogen-bond acceptors (Lipinski definition) is 2. The fraction of sp³-hybridized carbons (Fsp3) is 0.300. The second-order valence-electron chi connectivity index (χ2n) is 2.68. The zero-order valence-electron chi connectivity index (χ0n) is 7.11. The summed E-state index contributed by atoms with van der Waals surface area (Å²) in [5.41, 5.74) is 1.23. The number of rotatable bonds is 4. The fourth-order valence-electron chi connectivity index (χ4n) is 1.08. The van der Waals surface area contributed by atoms with Gasteiger partial charge in [0.15, 0.2) is 0 Å². The lowest BCUT2D eigenvalue weighted by molar-refractivity contribution is 0.954. The predicted molar refractivity (Wildman–Crippen MR) is 57.9 cm³/mol. The Hall–Kier alpha value is -0.650. The smallest absolute Gasteiger partial charge is 0.133 e. The molecule has 1 atom stereocenters. The summed E-state index contributed by atoms with van der Waals surface area (Å²) in [6.45, 7) is 0. The van der Waals surface area contributed by atoms with Gasteiger partial charge in [-0.25, -0.2) is 0 Å². The molecule has 0 saturated heterocycles. The van der Waals surface area contributed by atoms with Gasteiger partial charge in [-0.05, 0) is 23.7 Å². The molecule has 1 aromatic carbocycles. The van der Waals surface area contributed by atoms with E-state index in [-0.39, 0.29) is 5.25 Å². The molecule has 1 unspecified atom stereocenters. The molecule has 0 saturated carbocycles. The molecule has 0 aromatic heterocycles. The first kappa shape index (κ1) is 10.4. The average Bonchev–Trinajstić information content (AvgIpc) is 2.19. The molecule has 1 rings (SSSR count). The minimum atomic E-state index is 0.203. The molecule has 0 amide bonds. The van der Waals surface area contributed by atoms with E-state index in [1.807, 2.05) is 18.2 Å². The van der Waals surface area contributed by atoms with Crippen molar-refractivity contribution in [3.63, 3.8) is 0 Å². The van der Waals surface area contributed by atoms with Crippen molar-refractivity contribution in [2.24, 2.45) is 0 Å². The molecule has 68 valence electrons. The maximum absolute atomic E-state index is 8.50. The third kappa shape index (κ3) is 3.71. The summed E-state index contributed by atoms with van der Waals surface area (Å²) in [4.78, 5) is 0. The second-order valence-corrected chi connectivity index (χ2v) is 4.07. The van der Waals surface area contributed by atoms with Crippen LogP contribution < -0.4 is 0 Å². The molecule has 0 fully saturated rings. The van der Waals surface area contributed by atoms with Crippen molar-refractivity contribution in [2.45, 2.75) is 11.7 Å². The Bertz CT molecular complexity index is 281. The van der Waals surface area contributed by atoms with Crippen LogP contribution in [0.15, 0.2) is 30.3 Å². The number of benzene rings is 1. The summed E-state index contributed by atoms with van der Waals surface area (Å²) >= 11 is 6.97. The lowest BCUT2D eigenvalue weighted by Gasteiger charge is -2.07.